The third kappa shape index (κ3) is 3.13. The van der Waals surface area contributed by atoms with Crippen LogP contribution >= 0.6 is 0 Å². The molecule has 0 bridgehead atoms. The van der Waals surface area contributed by atoms with Crippen LogP contribution in [0.2, 0.25) is 0 Å². The van der Waals surface area contributed by atoms with Gasteiger partial charge in [0, 0.05) is 13.1 Å². The fourth-order valence-corrected chi connectivity index (χ4v) is 3.40. The molecule has 7 nitrogen and oxygen atoms in total. The highest BCUT2D eigenvalue weighted by atomic mass is 16.5. The topological polar surface area (TPSA) is 65.3 Å². The zero-order valence-corrected chi connectivity index (χ0v) is 14.9. The molecule has 1 atom stereocenters. The summed E-state index contributed by atoms with van der Waals surface area (Å²) >= 11 is 0. The number of rotatable bonds is 5. The Morgan fingerprint density at radius 1 is 1.00 bits per heavy atom. The van der Waals surface area contributed by atoms with Gasteiger partial charge in [-0.1, -0.05) is 24.3 Å². The molecule has 1 unspecified atom stereocenters. The van der Waals surface area contributed by atoms with Crippen molar-refractivity contribution in [1.82, 2.24) is 25.1 Å². The number of tetrazole rings is 1. The number of hydrogen-bond donors (Lipinski definition) is 0. The first kappa shape index (κ1) is 16.5. The predicted molar refractivity (Wildman–Crippen MR) is 96.1 cm³/mol. The quantitative estimate of drug-likeness (QED) is 0.703. The van der Waals surface area contributed by atoms with Gasteiger partial charge >= 0.3 is 0 Å². The van der Waals surface area contributed by atoms with Crippen LogP contribution in [-0.2, 0) is 13.1 Å². The number of ether oxygens (including phenoxy) is 2. The summed E-state index contributed by atoms with van der Waals surface area (Å²) in [6.07, 6.45) is 0. The molecule has 1 aliphatic heterocycles. The molecular formula is C19H21N5O2. The van der Waals surface area contributed by atoms with Crippen LogP contribution in [-0.4, -0.2) is 45.9 Å². The Bertz CT molecular complexity index is 878. The van der Waals surface area contributed by atoms with Crippen molar-refractivity contribution >= 4 is 0 Å². The van der Waals surface area contributed by atoms with E-state index in [4.69, 9.17) is 9.47 Å². The molecule has 0 saturated heterocycles. The molecule has 0 N–H and O–H groups in total. The Balaban J connectivity index is 1.67. The van der Waals surface area contributed by atoms with E-state index in [0.29, 0.717) is 0 Å². The molecular weight excluding hydrogens is 330 g/mol. The number of methoxy groups -OCH3 is 2. The van der Waals surface area contributed by atoms with E-state index < -0.39 is 0 Å². The van der Waals surface area contributed by atoms with E-state index in [-0.39, 0.29) is 6.04 Å². The van der Waals surface area contributed by atoms with Gasteiger partial charge in [0.05, 0.1) is 26.8 Å². The zero-order valence-electron chi connectivity index (χ0n) is 14.9. The molecule has 26 heavy (non-hydrogen) atoms. The van der Waals surface area contributed by atoms with Gasteiger partial charge in [0.2, 0.25) is 0 Å². The Hall–Kier alpha value is -2.93. The average Bonchev–Trinajstić information content (AvgIpc) is 3.17. The lowest BCUT2D eigenvalue weighted by atomic mass is 10.0. The summed E-state index contributed by atoms with van der Waals surface area (Å²) < 4.78 is 12.5. The van der Waals surface area contributed by atoms with E-state index in [9.17, 15) is 0 Å². The molecule has 0 spiro atoms. The van der Waals surface area contributed by atoms with Crippen molar-refractivity contribution in [3.63, 3.8) is 0 Å². The molecule has 1 aliphatic rings. The van der Waals surface area contributed by atoms with Crippen molar-refractivity contribution in [2.24, 2.45) is 0 Å². The van der Waals surface area contributed by atoms with E-state index in [0.717, 1.165) is 42.5 Å². The minimum absolute atomic E-state index is 0.00384. The van der Waals surface area contributed by atoms with Crippen LogP contribution in [0.1, 0.15) is 23.0 Å². The molecule has 4 rings (SSSR count). The third-order valence-corrected chi connectivity index (χ3v) is 4.72. The number of hydrogen-bond acceptors (Lipinski definition) is 6. The molecule has 2 aromatic carbocycles. The molecule has 0 fully saturated rings. The number of nitrogens with zero attached hydrogens (tertiary/aromatic N) is 5. The number of fused-ring (bicyclic) bond motifs is 1. The fraction of sp³-hybridized carbons (Fsp3) is 0.316. The van der Waals surface area contributed by atoms with Gasteiger partial charge in [0.25, 0.3) is 0 Å². The van der Waals surface area contributed by atoms with Crippen molar-refractivity contribution in [2.75, 3.05) is 20.8 Å². The smallest absolute Gasteiger partial charge is 0.173 e. The first-order valence-corrected chi connectivity index (χ1v) is 8.55. The first-order valence-electron chi connectivity index (χ1n) is 8.55. The van der Waals surface area contributed by atoms with Crippen molar-refractivity contribution in [2.45, 2.75) is 19.1 Å². The number of benzene rings is 2. The van der Waals surface area contributed by atoms with Gasteiger partial charge in [-0.05, 0) is 45.8 Å². The molecule has 134 valence electrons. The molecule has 0 aliphatic carbocycles. The maximum absolute atomic E-state index is 5.36. The van der Waals surface area contributed by atoms with Crippen LogP contribution in [0, 0.1) is 0 Å². The second-order valence-corrected chi connectivity index (χ2v) is 6.26. The largest absolute Gasteiger partial charge is 0.497 e. The van der Waals surface area contributed by atoms with Crippen LogP contribution in [0.5, 0.6) is 11.5 Å². The maximum atomic E-state index is 5.36. The lowest BCUT2D eigenvalue weighted by Crippen LogP contribution is -2.38. The molecule has 3 aromatic rings. The second-order valence-electron chi connectivity index (χ2n) is 6.26. The normalized spacial score (nSPS) is 16.9. The van der Waals surface area contributed by atoms with Crippen LogP contribution in [0.25, 0.3) is 0 Å². The van der Waals surface area contributed by atoms with Gasteiger partial charge in [-0.3, -0.25) is 4.90 Å². The van der Waals surface area contributed by atoms with E-state index in [1.54, 1.807) is 14.2 Å². The number of aromatic nitrogens is 4. The summed E-state index contributed by atoms with van der Waals surface area (Å²) in [5, 5.41) is 12.3. The Morgan fingerprint density at radius 3 is 2.58 bits per heavy atom. The predicted octanol–water partition coefficient (Wildman–Crippen LogP) is 2.30. The van der Waals surface area contributed by atoms with Crippen molar-refractivity contribution in [1.29, 1.82) is 0 Å². The molecule has 2 heterocycles. The van der Waals surface area contributed by atoms with Gasteiger partial charge in [0.15, 0.2) is 5.82 Å². The highest BCUT2D eigenvalue weighted by Crippen LogP contribution is 2.32. The Kier molecular flexibility index (Phi) is 4.53. The molecule has 0 amide bonds. The minimum atomic E-state index is -0.00384. The van der Waals surface area contributed by atoms with Crippen LogP contribution < -0.4 is 9.47 Å². The van der Waals surface area contributed by atoms with E-state index >= 15 is 0 Å². The minimum Gasteiger partial charge on any atom is -0.497 e. The van der Waals surface area contributed by atoms with Gasteiger partial charge < -0.3 is 9.47 Å². The van der Waals surface area contributed by atoms with E-state index in [2.05, 4.69) is 44.7 Å². The lowest BCUT2D eigenvalue weighted by Gasteiger charge is -2.35. The SMILES string of the molecule is COc1ccc(C2c3nnnn3CCN2Cc2cccc(OC)c2)cc1. The van der Waals surface area contributed by atoms with Crippen molar-refractivity contribution in [3.05, 3.63) is 65.5 Å². The van der Waals surface area contributed by atoms with Gasteiger partial charge in [0.1, 0.15) is 11.5 Å². The van der Waals surface area contributed by atoms with Crippen LogP contribution in [0.3, 0.4) is 0 Å². The summed E-state index contributed by atoms with van der Waals surface area (Å²) in [7, 11) is 3.36. The van der Waals surface area contributed by atoms with Gasteiger partial charge in [-0.25, -0.2) is 4.68 Å². The second kappa shape index (κ2) is 7.13. The summed E-state index contributed by atoms with van der Waals surface area (Å²) in [6, 6.07) is 16.3. The lowest BCUT2D eigenvalue weighted by molar-refractivity contribution is 0.164. The van der Waals surface area contributed by atoms with Gasteiger partial charge in [-0.15, -0.1) is 5.10 Å². The van der Waals surface area contributed by atoms with Crippen LogP contribution in [0.15, 0.2) is 48.5 Å². The van der Waals surface area contributed by atoms with Crippen molar-refractivity contribution < 1.29 is 9.47 Å². The first-order chi connectivity index (χ1) is 12.8. The van der Waals surface area contributed by atoms with E-state index in [1.165, 1.54) is 5.56 Å². The summed E-state index contributed by atoms with van der Waals surface area (Å²) in [5.41, 5.74) is 2.34. The Labute approximate surface area is 152 Å². The zero-order chi connectivity index (χ0) is 17.9. The van der Waals surface area contributed by atoms with Crippen molar-refractivity contribution in [3.8, 4) is 11.5 Å². The van der Waals surface area contributed by atoms with Crippen LogP contribution in [0.4, 0.5) is 0 Å². The fourth-order valence-electron chi connectivity index (χ4n) is 3.40. The standard InChI is InChI=1S/C19H21N5O2/c1-25-16-8-6-15(7-9-16)18-19-20-21-22-24(19)11-10-23(18)13-14-4-3-5-17(12-14)26-2/h3-9,12,18H,10-11,13H2,1-2H3. The van der Waals surface area contributed by atoms with Gasteiger partial charge in [-0.2, -0.15) is 0 Å². The third-order valence-electron chi connectivity index (χ3n) is 4.72. The summed E-state index contributed by atoms with van der Waals surface area (Å²) in [6.45, 7) is 2.44. The Morgan fingerprint density at radius 2 is 1.81 bits per heavy atom. The molecule has 1 aromatic heterocycles. The highest BCUT2D eigenvalue weighted by molar-refractivity contribution is 5.33. The molecule has 0 saturated carbocycles. The molecule has 7 heteroatoms. The molecule has 0 radical (unpaired) electrons. The summed E-state index contributed by atoms with van der Waals surface area (Å²) in [4.78, 5) is 2.39. The van der Waals surface area contributed by atoms with E-state index in [1.807, 2.05) is 28.9 Å². The maximum Gasteiger partial charge on any atom is 0.173 e. The summed E-state index contributed by atoms with van der Waals surface area (Å²) in [5.74, 6) is 2.57. The monoisotopic (exact) mass is 351 g/mol. The highest BCUT2D eigenvalue weighted by Gasteiger charge is 2.31. The average molecular weight is 351 g/mol.